The Labute approximate surface area is 122 Å². The van der Waals surface area contributed by atoms with E-state index in [1.165, 1.54) is 0 Å². The average Bonchev–Trinajstić information content (AvgIpc) is 3.01. The molecule has 7 nitrogen and oxygen atoms in total. The van der Waals surface area contributed by atoms with Gasteiger partial charge in [0.15, 0.2) is 17.3 Å². The third-order valence-electron chi connectivity index (χ3n) is 3.26. The first-order valence-corrected chi connectivity index (χ1v) is 6.41. The standard InChI is InChI=1S/C14H16N6O/c1-19(10-4-3-5-11(8-10)21-2)14-13-16-6-7-20(13)9-12(17-14)18-15/h3-9,18H,15H2,1-2H3. The summed E-state index contributed by atoms with van der Waals surface area (Å²) in [6.45, 7) is 0. The Bertz CT molecular complexity index is 769. The first-order chi connectivity index (χ1) is 10.2. The van der Waals surface area contributed by atoms with E-state index in [0.29, 0.717) is 11.6 Å². The molecule has 0 bridgehead atoms. The number of aromatic nitrogens is 3. The fourth-order valence-electron chi connectivity index (χ4n) is 2.15. The largest absolute Gasteiger partial charge is 0.497 e. The third kappa shape index (κ3) is 2.34. The van der Waals surface area contributed by atoms with Crippen LogP contribution >= 0.6 is 0 Å². The van der Waals surface area contributed by atoms with E-state index in [-0.39, 0.29) is 0 Å². The van der Waals surface area contributed by atoms with Crippen LogP contribution in [0.4, 0.5) is 17.3 Å². The van der Waals surface area contributed by atoms with Gasteiger partial charge in [0.25, 0.3) is 0 Å². The number of hydrazine groups is 1. The molecule has 0 unspecified atom stereocenters. The van der Waals surface area contributed by atoms with Gasteiger partial charge >= 0.3 is 0 Å². The molecule has 108 valence electrons. The number of benzene rings is 1. The van der Waals surface area contributed by atoms with E-state index >= 15 is 0 Å². The summed E-state index contributed by atoms with van der Waals surface area (Å²) in [4.78, 5) is 10.8. The zero-order valence-electron chi connectivity index (χ0n) is 11.8. The number of imidazole rings is 1. The van der Waals surface area contributed by atoms with Gasteiger partial charge < -0.3 is 19.5 Å². The highest BCUT2D eigenvalue weighted by molar-refractivity contribution is 5.73. The van der Waals surface area contributed by atoms with Crippen LogP contribution in [0.1, 0.15) is 0 Å². The molecule has 0 fully saturated rings. The Morgan fingerprint density at radius 3 is 3.00 bits per heavy atom. The fourth-order valence-corrected chi connectivity index (χ4v) is 2.15. The van der Waals surface area contributed by atoms with Gasteiger partial charge in [-0.05, 0) is 12.1 Å². The number of hydrogen-bond acceptors (Lipinski definition) is 6. The number of nitrogen functional groups attached to an aromatic ring is 1. The van der Waals surface area contributed by atoms with Crippen LogP contribution in [-0.2, 0) is 0 Å². The molecule has 0 aliphatic carbocycles. The van der Waals surface area contributed by atoms with Crippen molar-refractivity contribution in [2.24, 2.45) is 5.84 Å². The van der Waals surface area contributed by atoms with Crippen LogP contribution in [-0.4, -0.2) is 28.5 Å². The molecular formula is C14H16N6O. The summed E-state index contributed by atoms with van der Waals surface area (Å²) in [5.74, 6) is 7.52. The monoisotopic (exact) mass is 284 g/mol. The molecule has 0 spiro atoms. The maximum absolute atomic E-state index is 5.48. The van der Waals surface area contributed by atoms with Crippen LogP contribution in [0.25, 0.3) is 5.65 Å². The lowest BCUT2D eigenvalue weighted by atomic mass is 10.3. The van der Waals surface area contributed by atoms with Crippen LogP contribution in [0.2, 0.25) is 0 Å². The van der Waals surface area contributed by atoms with E-state index in [1.807, 2.05) is 46.8 Å². The van der Waals surface area contributed by atoms with Gasteiger partial charge in [-0.3, -0.25) is 0 Å². The van der Waals surface area contributed by atoms with Crippen molar-refractivity contribution in [1.29, 1.82) is 0 Å². The Balaban J connectivity index is 2.11. The zero-order chi connectivity index (χ0) is 14.8. The molecule has 0 aliphatic rings. The Kier molecular flexibility index (Phi) is 3.33. The quantitative estimate of drug-likeness (QED) is 0.561. The average molecular weight is 284 g/mol. The number of rotatable bonds is 4. The van der Waals surface area contributed by atoms with Crippen molar-refractivity contribution >= 4 is 23.0 Å². The molecule has 3 rings (SSSR count). The van der Waals surface area contributed by atoms with Crippen LogP contribution in [0.5, 0.6) is 5.75 Å². The molecule has 3 N–H and O–H groups in total. The van der Waals surface area contributed by atoms with Crippen LogP contribution < -0.4 is 20.9 Å². The number of methoxy groups -OCH3 is 1. The van der Waals surface area contributed by atoms with Crippen molar-refractivity contribution < 1.29 is 4.74 Å². The number of ether oxygens (including phenoxy) is 1. The lowest BCUT2D eigenvalue weighted by Gasteiger charge is -2.20. The second-order valence-electron chi connectivity index (χ2n) is 4.51. The van der Waals surface area contributed by atoms with E-state index in [2.05, 4.69) is 15.4 Å². The maximum atomic E-state index is 5.48. The minimum absolute atomic E-state index is 0.560. The highest BCUT2D eigenvalue weighted by Gasteiger charge is 2.13. The van der Waals surface area contributed by atoms with Gasteiger partial charge in [0.2, 0.25) is 0 Å². The summed E-state index contributed by atoms with van der Waals surface area (Å²) in [5, 5.41) is 0. The normalized spacial score (nSPS) is 10.6. The molecule has 2 heterocycles. The lowest BCUT2D eigenvalue weighted by molar-refractivity contribution is 0.415. The van der Waals surface area contributed by atoms with Gasteiger partial charge in [-0.2, -0.15) is 0 Å². The highest BCUT2D eigenvalue weighted by atomic mass is 16.5. The topological polar surface area (TPSA) is 80.7 Å². The second kappa shape index (κ2) is 5.29. The maximum Gasteiger partial charge on any atom is 0.180 e. The number of fused-ring (bicyclic) bond motifs is 1. The van der Waals surface area contributed by atoms with Crippen LogP contribution in [0, 0.1) is 0 Å². The summed E-state index contributed by atoms with van der Waals surface area (Å²) in [6.07, 6.45) is 5.35. The van der Waals surface area contributed by atoms with Gasteiger partial charge in [-0.15, -0.1) is 0 Å². The number of nitrogens with zero attached hydrogens (tertiary/aromatic N) is 4. The molecule has 1 aromatic carbocycles. The van der Waals surface area contributed by atoms with E-state index < -0.39 is 0 Å². The molecule has 0 saturated heterocycles. The summed E-state index contributed by atoms with van der Waals surface area (Å²) in [7, 11) is 3.56. The molecule has 0 amide bonds. The fraction of sp³-hybridized carbons (Fsp3) is 0.143. The molecule has 7 heteroatoms. The smallest absolute Gasteiger partial charge is 0.180 e. The molecule has 0 aliphatic heterocycles. The van der Waals surface area contributed by atoms with Gasteiger partial charge in [-0.25, -0.2) is 15.8 Å². The number of nitrogens with two attached hydrogens (primary N) is 1. The molecule has 0 radical (unpaired) electrons. The Hall–Kier alpha value is -2.80. The first kappa shape index (κ1) is 13.2. The zero-order valence-corrected chi connectivity index (χ0v) is 11.8. The van der Waals surface area contributed by atoms with Crippen LogP contribution in [0.15, 0.2) is 42.9 Å². The highest BCUT2D eigenvalue weighted by Crippen LogP contribution is 2.28. The number of anilines is 3. The Morgan fingerprint density at radius 1 is 1.38 bits per heavy atom. The molecule has 3 aromatic rings. The van der Waals surface area contributed by atoms with Crippen LogP contribution in [0.3, 0.4) is 0 Å². The first-order valence-electron chi connectivity index (χ1n) is 6.41. The summed E-state index contributed by atoms with van der Waals surface area (Å²) in [6, 6.07) is 7.74. The van der Waals surface area contributed by atoms with E-state index in [9.17, 15) is 0 Å². The van der Waals surface area contributed by atoms with E-state index in [0.717, 1.165) is 17.1 Å². The summed E-state index contributed by atoms with van der Waals surface area (Å²) < 4.78 is 7.13. The number of hydrogen-bond donors (Lipinski definition) is 2. The molecule has 2 aromatic heterocycles. The number of nitrogens with one attached hydrogen (secondary N) is 1. The minimum Gasteiger partial charge on any atom is -0.497 e. The van der Waals surface area contributed by atoms with Crippen molar-refractivity contribution in [2.75, 3.05) is 24.5 Å². The van der Waals surface area contributed by atoms with Gasteiger partial charge in [0, 0.05) is 31.2 Å². The predicted molar refractivity (Wildman–Crippen MR) is 81.9 cm³/mol. The van der Waals surface area contributed by atoms with E-state index in [4.69, 9.17) is 10.6 Å². The van der Waals surface area contributed by atoms with Crippen molar-refractivity contribution in [2.45, 2.75) is 0 Å². The third-order valence-corrected chi connectivity index (χ3v) is 3.26. The SMILES string of the molecule is COc1cccc(N(C)c2nc(NN)cn3ccnc23)c1. The van der Waals surface area contributed by atoms with Crippen molar-refractivity contribution in [3.8, 4) is 5.75 Å². The molecule has 21 heavy (non-hydrogen) atoms. The molecule has 0 atom stereocenters. The predicted octanol–water partition coefficient (Wildman–Crippen LogP) is 1.79. The summed E-state index contributed by atoms with van der Waals surface area (Å²) in [5.41, 5.74) is 4.26. The van der Waals surface area contributed by atoms with E-state index in [1.54, 1.807) is 19.5 Å². The minimum atomic E-state index is 0.560. The second-order valence-corrected chi connectivity index (χ2v) is 4.51. The van der Waals surface area contributed by atoms with Gasteiger partial charge in [0.05, 0.1) is 13.3 Å². The van der Waals surface area contributed by atoms with Gasteiger partial charge in [0.1, 0.15) is 5.75 Å². The van der Waals surface area contributed by atoms with Gasteiger partial charge in [-0.1, -0.05) is 6.07 Å². The van der Waals surface area contributed by atoms with Crippen molar-refractivity contribution in [3.05, 3.63) is 42.9 Å². The van der Waals surface area contributed by atoms with Crippen molar-refractivity contribution in [3.63, 3.8) is 0 Å². The Morgan fingerprint density at radius 2 is 2.24 bits per heavy atom. The molecule has 0 saturated carbocycles. The van der Waals surface area contributed by atoms with Crippen molar-refractivity contribution in [1.82, 2.24) is 14.4 Å². The lowest BCUT2D eigenvalue weighted by Crippen LogP contribution is -2.16. The summed E-state index contributed by atoms with van der Waals surface area (Å²) >= 11 is 0. The molecular weight excluding hydrogens is 268 g/mol.